The number of allylic oxidation sites excluding steroid dienone is 2. The van der Waals surface area contributed by atoms with Gasteiger partial charge >= 0.3 is 0 Å². The topological polar surface area (TPSA) is 0 Å². The molecule has 0 bridgehead atoms. The van der Waals surface area contributed by atoms with E-state index >= 15 is 0 Å². The second-order valence-corrected chi connectivity index (χ2v) is 7.58. The van der Waals surface area contributed by atoms with Crippen molar-refractivity contribution in [2.24, 2.45) is 11.8 Å². The fraction of sp³-hybridized carbons (Fsp3) is 0.917. The summed E-state index contributed by atoms with van der Waals surface area (Å²) < 4.78 is 13.4. The third-order valence-electron chi connectivity index (χ3n) is 4.33. The van der Waals surface area contributed by atoms with E-state index in [9.17, 15) is 4.39 Å². The van der Waals surface area contributed by atoms with Gasteiger partial charge in [0.25, 0.3) is 0 Å². The van der Waals surface area contributed by atoms with Gasteiger partial charge < -0.3 is 0 Å². The van der Waals surface area contributed by atoms with Gasteiger partial charge in [-0.1, -0.05) is 99.1 Å². The van der Waals surface area contributed by atoms with Crippen LogP contribution in [0.3, 0.4) is 0 Å². The Morgan fingerprint density at radius 1 is 0.840 bits per heavy atom. The minimum atomic E-state index is -0.990. The molecule has 0 aromatic rings. The van der Waals surface area contributed by atoms with Gasteiger partial charge in [-0.15, -0.1) is 0 Å². The van der Waals surface area contributed by atoms with E-state index in [4.69, 9.17) is 0 Å². The quantitative estimate of drug-likeness (QED) is 0.284. The normalized spacial score (nSPS) is 15.0. The monoisotopic (exact) mass is 358 g/mol. The van der Waals surface area contributed by atoms with E-state index in [0.29, 0.717) is 12.3 Å². The van der Waals surface area contributed by atoms with Crippen LogP contribution in [-0.4, -0.2) is 5.67 Å². The minimum Gasteiger partial charge on any atom is -0.244 e. The molecule has 2 unspecified atom stereocenters. The molecule has 0 amide bonds. The van der Waals surface area contributed by atoms with Gasteiger partial charge in [0, 0.05) is 0 Å². The van der Waals surface area contributed by atoms with E-state index in [1.165, 1.54) is 57.8 Å². The molecule has 0 radical (unpaired) electrons. The molecule has 0 aromatic carbocycles. The van der Waals surface area contributed by atoms with Gasteiger partial charge in [-0.05, 0) is 51.4 Å². The highest BCUT2D eigenvalue weighted by molar-refractivity contribution is 4.88. The highest BCUT2D eigenvalue weighted by Crippen LogP contribution is 2.24. The third-order valence-corrected chi connectivity index (χ3v) is 4.33. The molecule has 2 atom stereocenters. The van der Waals surface area contributed by atoms with Crippen molar-refractivity contribution < 1.29 is 4.39 Å². The van der Waals surface area contributed by atoms with Crippen LogP contribution in [0.2, 0.25) is 0 Å². The number of halogens is 1. The van der Waals surface area contributed by atoms with Gasteiger partial charge in [-0.25, -0.2) is 4.39 Å². The molecule has 1 aliphatic rings. The molecule has 0 aliphatic heterocycles. The van der Waals surface area contributed by atoms with Crippen LogP contribution in [-0.2, 0) is 0 Å². The maximum Gasteiger partial charge on any atom is 0.105 e. The molecule has 25 heavy (non-hydrogen) atoms. The lowest BCUT2D eigenvalue weighted by Gasteiger charge is -2.19. The Hall–Kier alpha value is -0.330. The maximum absolute atomic E-state index is 13.4. The Balaban J connectivity index is -0.000000441. The van der Waals surface area contributed by atoms with E-state index in [-0.39, 0.29) is 0 Å². The molecular weight excluding hydrogens is 307 g/mol. The van der Waals surface area contributed by atoms with Crippen molar-refractivity contribution in [1.82, 2.24) is 0 Å². The van der Waals surface area contributed by atoms with Crippen LogP contribution >= 0.6 is 0 Å². The van der Waals surface area contributed by atoms with Crippen LogP contribution in [0.5, 0.6) is 0 Å². The van der Waals surface area contributed by atoms with Crippen LogP contribution in [0.1, 0.15) is 127 Å². The van der Waals surface area contributed by atoms with Crippen LogP contribution < -0.4 is 0 Å². The summed E-state index contributed by atoms with van der Waals surface area (Å²) in [5.74, 6) is 1.41. The Morgan fingerprint density at radius 2 is 1.28 bits per heavy atom. The van der Waals surface area contributed by atoms with Crippen molar-refractivity contribution in [3.05, 3.63) is 12.2 Å². The molecule has 0 saturated carbocycles. The average Bonchev–Trinajstić information content (AvgIpc) is 3.16. The van der Waals surface area contributed by atoms with Gasteiger partial charge in [0.2, 0.25) is 0 Å². The van der Waals surface area contributed by atoms with Gasteiger partial charge in [0.05, 0.1) is 0 Å². The first-order chi connectivity index (χ1) is 11.8. The summed E-state index contributed by atoms with van der Waals surface area (Å²) in [6, 6.07) is 0. The molecule has 1 aliphatic carbocycles. The summed E-state index contributed by atoms with van der Waals surface area (Å²) in [4.78, 5) is 0. The van der Waals surface area contributed by atoms with Crippen molar-refractivity contribution in [2.75, 3.05) is 0 Å². The Kier molecular flexibility index (Phi) is 25.6. The molecule has 1 rings (SSSR count). The van der Waals surface area contributed by atoms with Gasteiger partial charge in [-0.3, -0.25) is 0 Å². The number of alkyl halides is 1. The Labute approximate surface area is 161 Å². The zero-order valence-corrected chi connectivity index (χ0v) is 19.3. The molecule has 0 saturated heterocycles. The first-order valence-electron chi connectivity index (χ1n) is 11.2. The van der Waals surface area contributed by atoms with E-state index in [0.717, 1.165) is 5.92 Å². The lowest BCUT2D eigenvalue weighted by Crippen LogP contribution is -2.16. The second-order valence-electron chi connectivity index (χ2n) is 7.58. The molecule has 0 N–H and O–H groups in total. The van der Waals surface area contributed by atoms with Crippen molar-refractivity contribution in [3.63, 3.8) is 0 Å². The molecule has 0 nitrogen and oxygen atoms in total. The van der Waals surface area contributed by atoms with Crippen molar-refractivity contribution in [1.29, 1.82) is 0 Å². The first kappa shape index (κ1) is 29.4. The minimum absolute atomic E-state index is 0.531. The van der Waals surface area contributed by atoms with Crippen LogP contribution in [0.4, 0.5) is 4.39 Å². The molecule has 154 valence electrons. The lowest BCUT2D eigenvalue weighted by atomic mass is 9.91. The SMILES string of the molecule is C1=CCCC1.CC.CC.CCC(C)CCCCCC(C)CC(C)(C)F. The highest BCUT2D eigenvalue weighted by atomic mass is 19.1. The predicted molar refractivity (Wildman–Crippen MR) is 117 cm³/mol. The van der Waals surface area contributed by atoms with Crippen molar-refractivity contribution in [3.8, 4) is 0 Å². The van der Waals surface area contributed by atoms with E-state index in [1.54, 1.807) is 13.8 Å². The first-order valence-corrected chi connectivity index (χ1v) is 11.2. The van der Waals surface area contributed by atoms with E-state index in [2.05, 4.69) is 32.9 Å². The molecule has 0 fully saturated rings. The Bertz CT molecular complexity index is 243. The predicted octanol–water partition coefficient (Wildman–Crippen LogP) is 9.54. The van der Waals surface area contributed by atoms with Crippen LogP contribution in [0.25, 0.3) is 0 Å². The molecule has 0 aromatic heterocycles. The highest BCUT2D eigenvalue weighted by Gasteiger charge is 2.18. The summed E-state index contributed by atoms with van der Waals surface area (Å²) in [5.41, 5.74) is -0.990. The van der Waals surface area contributed by atoms with Crippen molar-refractivity contribution >= 4 is 0 Å². The summed E-state index contributed by atoms with van der Waals surface area (Å²) in [7, 11) is 0. The number of hydrogen-bond donors (Lipinski definition) is 0. The standard InChI is InChI=1S/C15H31F.C5H8.2C2H6/c1-6-13(2)10-8-7-9-11-14(3)12-15(4,5)16;1-2-4-5-3-1;2*1-2/h13-14H,6-12H2,1-5H3;1-2H,3-5H2;2*1-2H3. The van der Waals surface area contributed by atoms with Crippen LogP contribution in [0, 0.1) is 11.8 Å². The van der Waals surface area contributed by atoms with Crippen molar-refractivity contribution in [2.45, 2.75) is 132 Å². The number of unbranched alkanes of at least 4 members (excludes halogenated alkanes) is 2. The fourth-order valence-corrected chi connectivity index (χ4v) is 2.89. The third kappa shape index (κ3) is 28.7. The zero-order valence-electron chi connectivity index (χ0n) is 19.3. The molecular formula is C24H51F. The fourth-order valence-electron chi connectivity index (χ4n) is 2.89. The summed E-state index contributed by atoms with van der Waals surface area (Å²) in [6.07, 6.45) is 17.0. The summed E-state index contributed by atoms with van der Waals surface area (Å²) in [5, 5.41) is 0. The molecule has 0 heterocycles. The van der Waals surface area contributed by atoms with E-state index in [1.807, 2.05) is 27.7 Å². The van der Waals surface area contributed by atoms with Gasteiger partial charge in [0.15, 0.2) is 0 Å². The molecule has 1 heteroatoms. The molecule has 0 spiro atoms. The van der Waals surface area contributed by atoms with Gasteiger partial charge in [-0.2, -0.15) is 0 Å². The number of hydrogen-bond acceptors (Lipinski definition) is 0. The summed E-state index contributed by atoms with van der Waals surface area (Å²) in [6.45, 7) is 18.1. The Morgan fingerprint density at radius 3 is 1.60 bits per heavy atom. The smallest absolute Gasteiger partial charge is 0.105 e. The number of rotatable bonds is 9. The average molecular weight is 359 g/mol. The van der Waals surface area contributed by atoms with Crippen LogP contribution in [0.15, 0.2) is 12.2 Å². The van der Waals surface area contributed by atoms with Gasteiger partial charge in [0.1, 0.15) is 5.67 Å². The largest absolute Gasteiger partial charge is 0.244 e. The zero-order chi connectivity index (χ0) is 20.1. The summed E-state index contributed by atoms with van der Waals surface area (Å²) >= 11 is 0. The van der Waals surface area contributed by atoms with E-state index < -0.39 is 5.67 Å². The second kappa shape index (κ2) is 21.7. The maximum atomic E-state index is 13.4. The lowest BCUT2D eigenvalue weighted by molar-refractivity contribution is 0.169.